The summed E-state index contributed by atoms with van der Waals surface area (Å²) < 4.78 is 7.43. The van der Waals surface area contributed by atoms with Crippen molar-refractivity contribution in [2.24, 2.45) is 0 Å². The Morgan fingerprint density at radius 2 is 1.78 bits per heavy atom. The highest BCUT2D eigenvalue weighted by molar-refractivity contribution is 5.78. The second kappa shape index (κ2) is 8.54. The zero-order chi connectivity index (χ0) is 19.2. The molecule has 1 unspecified atom stereocenters. The number of carbonyl (C=O) groups excluding carboxylic acids is 1. The summed E-state index contributed by atoms with van der Waals surface area (Å²) in [4.78, 5) is 12.4. The number of nitrogens with zero attached hydrogens (tertiary/aromatic N) is 2. The number of benzene rings is 2. The minimum atomic E-state index is -0.0743. The van der Waals surface area contributed by atoms with E-state index < -0.39 is 0 Å². The summed E-state index contributed by atoms with van der Waals surface area (Å²) in [5, 5.41) is 7.37. The van der Waals surface area contributed by atoms with Gasteiger partial charge in [-0.05, 0) is 56.2 Å². The molecule has 0 radical (unpaired) electrons. The van der Waals surface area contributed by atoms with E-state index in [1.54, 1.807) is 10.9 Å². The lowest BCUT2D eigenvalue weighted by Crippen LogP contribution is -2.28. The third-order valence-corrected chi connectivity index (χ3v) is 4.15. The zero-order valence-corrected chi connectivity index (χ0v) is 15.9. The van der Waals surface area contributed by atoms with Crippen LogP contribution in [0, 0.1) is 0 Å². The average Bonchev–Trinajstić information content (AvgIpc) is 3.11. The molecule has 0 bridgehead atoms. The van der Waals surface area contributed by atoms with Crippen LogP contribution in [-0.2, 0) is 11.2 Å². The third kappa shape index (κ3) is 5.20. The number of para-hydroxylation sites is 1. The molecule has 0 aliphatic rings. The first-order valence-corrected chi connectivity index (χ1v) is 9.16. The summed E-state index contributed by atoms with van der Waals surface area (Å²) in [6, 6.07) is 17.6. The molecule has 0 aliphatic heterocycles. The summed E-state index contributed by atoms with van der Waals surface area (Å²) in [6.45, 7) is 5.97. The predicted molar refractivity (Wildman–Crippen MR) is 106 cm³/mol. The number of amides is 1. The van der Waals surface area contributed by atoms with Gasteiger partial charge in [-0.1, -0.05) is 30.3 Å². The van der Waals surface area contributed by atoms with Crippen molar-refractivity contribution in [3.8, 4) is 11.4 Å². The number of rotatable bonds is 7. The quantitative estimate of drug-likeness (QED) is 0.688. The van der Waals surface area contributed by atoms with Crippen LogP contribution in [0.5, 0.6) is 5.75 Å². The van der Waals surface area contributed by atoms with Gasteiger partial charge in [-0.15, -0.1) is 0 Å². The van der Waals surface area contributed by atoms with E-state index >= 15 is 0 Å². The number of carbonyl (C=O) groups is 1. The molecule has 3 rings (SSSR count). The lowest BCUT2D eigenvalue weighted by molar-refractivity contribution is -0.121. The monoisotopic (exact) mass is 363 g/mol. The Bertz CT molecular complexity index is 870. The molecule has 0 aliphatic carbocycles. The van der Waals surface area contributed by atoms with Crippen molar-refractivity contribution in [3.05, 3.63) is 78.1 Å². The minimum absolute atomic E-state index is 0.0300. The molecule has 5 heteroatoms. The summed E-state index contributed by atoms with van der Waals surface area (Å²) in [5.41, 5.74) is 2.89. The van der Waals surface area contributed by atoms with Gasteiger partial charge < -0.3 is 10.1 Å². The van der Waals surface area contributed by atoms with Gasteiger partial charge in [0.05, 0.1) is 30.5 Å². The smallest absolute Gasteiger partial charge is 0.225 e. The molecular formula is C22H25N3O2. The van der Waals surface area contributed by atoms with Crippen LogP contribution in [0.1, 0.15) is 37.9 Å². The molecule has 1 amide bonds. The highest BCUT2D eigenvalue weighted by atomic mass is 16.5. The Labute approximate surface area is 160 Å². The van der Waals surface area contributed by atoms with Gasteiger partial charge in [-0.3, -0.25) is 4.79 Å². The van der Waals surface area contributed by atoms with E-state index in [4.69, 9.17) is 4.74 Å². The summed E-state index contributed by atoms with van der Waals surface area (Å²) in [6.07, 6.45) is 4.06. The Morgan fingerprint density at radius 3 is 2.44 bits per heavy atom. The molecule has 140 valence electrons. The van der Waals surface area contributed by atoms with E-state index in [2.05, 4.69) is 10.4 Å². The third-order valence-electron chi connectivity index (χ3n) is 4.15. The molecule has 0 fully saturated rings. The van der Waals surface area contributed by atoms with Gasteiger partial charge >= 0.3 is 0 Å². The average molecular weight is 363 g/mol. The molecule has 1 N–H and O–H groups in total. The van der Waals surface area contributed by atoms with Crippen molar-refractivity contribution in [1.29, 1.82) is 0 Å². The van der Waals surface area contributed by atoms with E-state index in [0.717, 1.165) is 22.6 Å². The van der Waals surface area contributed by atoms with Crippen LogP contribution in [0.15, 0.2) is 67.0 Å². The van der Waals surface area contributed by atoms with Crippen molar-refractivity contribution >= 4 is 5.91 Å². The van der Waals surface area contributed by atoms with E-state index in [1.807, 2.05) is 81.6 Å². The SMILES string of the molecule is CC(C)Oc1ccc(C(C)NC(=O)Cc2cnn(-c3ccccc3)c2)cc1. The molecule has 27 heavy (non-hydrogen) atoms. The lowest BCUT2D eigenvalue weighted by Gasteiger charge is -2.15. The van der Waals surface area contributed by atoms with Crippen molar-refractivity contribution in [2.75, 3.05) is 0 Å². The van der Waals surface area contributed by atoms with Crippen LogP contribution in [0.4, 0.5) is 0 Å². The maximum Gasteiger partial charge on any atom is 0.225 e. The fourth-order valence-electron chi connectivity index (χ4n) is 2.84. The first-order chi connectivity index (χ1) is 13.0. The number of ether oxygens (including phenoxy) is 1. The molecular weight excluding hydrogens is 338 g/mol. The van der Waals surface area contributed by atoms with Crippen molar-refractivity contribution in [3.63, 3.8) is 0 Å². The van der Waals surface area contributed by atoms with Crippen molar-refractivity contribution in [2.45, 2.75) is 39.3 Å². The molecule has 0 saturated carbocycles. The van der Waals surface area contributed by atoms with Gasteiger partial charge in [0.25, 0.3) is 0 Å². The van der Waals surface area contributed by atoms with E-state index in [1.165, 1.54) is 0 Å². The van der Waals surface area contributed by atoms with Crippen LogP contribution < -0.4 is 10.1 Å². The number of nitrogens with one attached hydrogen (secondary N) is 1. The standard InChI is InChI=1S/C22H25N3O2/c1-16(2)27-21-11-9-19(10-12-21)17(3)24-22(26)13-18-14-23-25(15-18)20-7-5-4-6-8-20/h4-12,14-17H,13H2,1-3H3,(H,24,26). The molecule has 0 spiro atoms. The van der Waals surface area contributed by atoms with Crippen LogP contribution in [0.2, 0.25) is 0 Å². The first kappa shape index (κ1) is 18.7. The van der Waals surface area contributed by atoms with Gasteiger partial charge in [-0.2, -0.15) is 5.10 Å². The summed E-state index contributed by atoms with van der Waals surface area (Å²) in [7, 11) is 0. The zero-order valence-electron chi connectivity index (χ0n) is 15.9. The molecule has 1 heterocycles. The summed E-state index contributed by atoms with van der Waals surface area (Å²) >= 11 is 0. The van der Waals surface area contributed by atoms with Gasteiger partial charge in [0.15, 0.2) is 0 Å². The van der Waals surface area contributed by atoms with E-state index in [0.29, 0.717) is 6.42 Å². The van der Waals surface area contributed by atoms with E-state index in [-0.39, 0.29) is 18.1 Å². The maximum absolute atomic E-state index is 12.4. The van der Waals surface area contributed by atoms with Gasteiger partial charge in [0.1, 0.15) is 5.75 Å². The largest absolute Gasteiger partial charge is 0.491 e. The number of aromatic nitrogens is 2. The Kier molecular flexibility index (Phi) is 5.91. The fourth-order valence-corrected chi connectivity index (χ4v) is 2.84. The van der Waals surface area contributed by atoms with Gasteiger partial charge in [0.2, 0.25) is 5.91 Å². The topological polar surface area (TPSA) is 56.1 Å². The Balaban J connectivity index is 1.56. The highest BCUT2D eigenvalue weighted by Crippen LogP contribution is 2.19. The minimum Gasteiger partial charge on any atom is -0.491 e. The summed E-state index contributed by atoms with van der Waals surface area (Å²) in [5.74, 6) is 0.804. The van der Waals surface area contributed by atoms with Gasteiger partial charge in [0, 0.05) is 6.20 Å². The number of hydrogen-bond acceptors (Lipinski definition) is 3. The normalized spacial score (nSPS) is 12.0. The second-order valence-electron chi connectivity index (χ2n) is 6.83. The van der Waals surface area contributed by atoms with Gasteiger partial charge in [-0.25, -0.2) is 4.68 Å². The highest BCUT2D eigenvalue weighted by Gasteiger charge is 2.12. The maximum atomic E-state index is 12.4. The molecule has 5 nitrogen and oxygen atoms in total. The fraction of sp³-hybridized carbons (Fsp3) is 0.273. The van der Waals surface area contributed by atoms with Crippen molar-refractivity contribution in [1.82, 2.24) is 15.1 Å². The number of hydrogen-bond donors (Lipinski definition) is 1. The molecule has 1 aromatic heterocycles. The molecule has 1 atom stereocenters. The van der Waals surface area contributed by atoms with Crippen LogP contribution in [-0.4, -0.2) is 21.8 Å². The second-order valence-corrected chi connectivity index (χ2v) is 6.83. The molecule has 3 aromatic rings. The molecule has 2 aromatic carbocycles. The van der Waals surface area contributed by atoms with Crippen LogP contribution in [0.25, 0.3) is 5.69 Å². The Morgan fingerprint density at radius 1 is 1.07 bits per heavy atom. The van der Waals surface area contributed by atoms with Crippen LogP contribution in [0.3, 0.4) is 0 Å². The lowest BCUT2D eigenvalue weighted by atomic mass is 10.1. The Hall–Kier alpha value is -3.08. The van der Waals surface area contributed by atoms with Crippen molar-refractivity contribution < 1.29 is 9.53 Å². The first-order valence-electron chi connectivity index (χ1n) is 9.16. The van der Waals surface area contributed by atoms with Crippen LogP contribution >= 0.6 is 0 Å². The molecule has 0 saturated heterocycles. The van der Waals surface area contributed by atoms with E-state index in [9.17, 15) is 4.79 Å². The predicted octanol–water partition coefficient (Wildman–Crippen LogP) is 4.08.